The number of carboxylic acid groups (broad SMARTS) is 1. The van der Waals surface area contributed by atoms with Gasteiger partial charge in [-0.05, 0) is 18.2 Å². The zero-order chi connectivity index (χ0) is 15.4. The number of hydrogen-bond acceptors (Lipinski definition) is 5. The van der Waals surface area contributed by atoms with Gasteiger partial charge in [0.25, 0.3) is 15.9 Å². The van der Waals surface area contributed by atoms with Crippen molar-refractivity contribution in [3.8, 4) is 0 Å². The fraction of sp³-hybridized carbons (Fsp3) is 0.250. The van der Waals surface area contributed by atoms with Gasteiger partial charge in [-0.3, -0.25) is 9.59 Å². The molecule has 2 heterocycles. The Labute approximate surface area is 119 Å². The number of sulfonamides is 1. The molecule has 1 aromatic carbocycles. The summed E-state index contributed by atoms with van der Waals surface area (Å²) in [4.78, 5) is 34.1. The van der Waals surface area contributed by atoms with Crippen molar-refractivity contribution in [2.24, 2.45) is 0 Å². The number of carboxylic acids is 1. The minimum absolute atomic E-state index is 0.0591. The van der Waals surface area contributed by atoms with Crippen LogP contribution in [-0.2, 0) is 14.8 Å². The van der Waals surface area contributed by atoms with Crippen molar-refractivity contribution in [1.82, 2.24) is 9.62 Å². The largest absolute Gasteiger partial charge is 0.478 e. The van der Waals surface area contributed by atoms with Crippen LogP contribution in [0.2, 0.25) is 0 Å². The second kappa shape index (κ2) is 4.29. The maximum absolute atomic E-state index is 12.4. The van der Waals surface area contributed by atoms with Gasteiger partial charge in [-0.1, -0.05) is 0 Å². The summed E-state index contributed by atoms with van der Waals surface area (Å²) in [5.41, 5.74) is -0.285. The van der Waals surface area contributed by atoms with E-state index in [0.29, 0.717) is 4.31 Å². The first kappa shape index (κ1) is 13.6. The third-order valence-corrected chi connectivity index (χ3v) is 5.36. The van der Waals surface area contributed by atoms with E-state index in [1.165, 1.54) is 12.1 Å². The van der Waals surface area contributed by atoms with Gasteiger partial charge in [0.15, 0.2) is 0 Å². The third-order valence-electron chi connectivity index (χ3n) is 3.48. The van der Waals surface area contributed by atoms with E-state index in [1.807, 2.05) is 0 Å². The summed E-state index contributed by atoms with van der Waals surface area (Å²) in [7, 11) is -4.13. The summed E-state index contributed by atoms with van der Waals surface area (Å²) in [6.45, 7) is 0.0591. The molecule has 0 aromatic heterocycles. The lowest BCUT2D eigenvalue weighted by atomic mass is 10.1. The number of fused-ring (bicyclic) bond motifs is 1. The lowest BCUT2D eigenvalue weighted by Crippen LogP contribution is -2.41. The minimum atomic E-state index is -4.13. The van der Waals surface area contributed by atoms with E-state index in [1.54, 1.807) is 0 Å². The number of aromatic carboxylic acids is 1. The molecule has 110 valence electrons. The van der Waals surface area contributed by atoms with E-state index in [4.69, 9.17) is 5.11 Å². The Bertz CT molecular complexity index is 785. The van der Waals surface area contributed by atoms with Gasteiger partial charge in [-0.2, -0.15) is 0 Å². The first-order chi connectivity index (χ1) is 9.82. The van der Waals surface area contributed by atoms with Crippen molar-refractivity contribution in [1.29, 1.82) is 0 Å². The Balaban J connectivity index is 2.10. The molecule has 0 spiro atoms. The molecule has 21 heavy (non-hydrogen) atoms. The number of carbonyl (C=O) groups is 3. The third kappa shape index (κ3) is 1.88. The van der Waals surface area contributed by atoms with E-state index in [-0.39, 0.29) is 34.9 Å². The van der Waals surface area contributed by atoms with E-state index in [2.05, 4.69) is 5.32 Å². The van der Waals surface area contributed by atoms with E-state index < -0.39 is 27.9 Å². The summed E-state index contributed by atoms with van der Waals surface area (Å²) in [6.07, 6.45) is -0.0925. The van der Waals surface area contributed by atoms with Crippen LogP contribution >= 0.6 is 0 Å². The molecule has 0 saturated carbocycles. The highest BCUT2D eigenvalue weighted by Gasteiger charge is 2.47. The van der Waals surface area contributed by atoms with Crippen LogP contribution in [0.4, 0.5) is 0 Å². The molecular weight excluding hydrogens is 300 g/mol. The zero-order valence-electron chi connectivity index (χ0n) is 10.6. The predicted octanol–water partition coefficient (Wildman–Crippen LogP) is -0.582. The van der Waals surface area contributed by atoms with Crippen LogP contribution in [0.25, 0.3) is 0 Å². The SMILES string of the molecule is O=C1CC(N2C(=O)c3ccc(C(=O)O)cc3S2(=O)=O)CN1. The predicted molar refractivity (Wildman–Crippen MR) is 68.2 cm³/mol. The molecule has 8 nitrogen and oxygen atoms in total. The molecule has 3 rings (SSSR count). The summed E-state index contributed by atoms with van der Waals surface area (Å²) >= 11 is 0. The number of nitrogens with one attached hydrogen (secondary N) is 1. The average Bonchev–Trinajstić information content (AvgIpc) is 2.90. The molecule has 2 amide bonds. The van der Waals surface area contributed by atoms with Crippen LogP contribution in [-0.4, -0.2) is 48.2 Å². The highest BCUT2D eigenvalue weighted by molar-refractivity contribution is 7.90. The maximum atomic E-state index is 12.4. The molecule has 0 bridgehead atoms. The monoisotopic (exact) mass is 310 g/mol. The quantitative estimate of drug-likeness (QED) is 0.753. The number of rotatable bonds is 2. The summed E-state index contributed by atoms with van der Waals surface area (Å²) in [5.74, 6) is -2.34. The number of carbonyl (C=O) groups excluding carboxylic acids is 2. The van der Waals surface area contributed by atoms with Crippen molar-refractivity contribution < 1.29 is 27.9 Å². The Morgan fingerprint density at radius 1 is 1.33 bits per heavy atom. The van der Waals surface area contributed by atoms with Crippen LogP contribution in [0.15, 0.2) is 23.1 Å². The summed E-state index contributed by atoms with van der Waals surface area (Å²) in [6, 6.07) is 2.55. The van der Waals surface area contributed by atoms with Crippen LogP contribution in [0.5, 0.6) is 0 Å². The molecule has 2 aliphatic rings. The minimum Gasteiger partial charge on any atom is -0.478 e. The van der Waals surface area contributed by atoms with Gasteiger partial charge in [-0.15, -0.1) is 0 Å². The van der Waals surface area contributed by atoms with Crippen molar-refractivity contribution in [3.05, 3.63) is 29.3 Å². The van der Waals surface area contributed by atoms with E-state index in [9.17, 15) is 22.8 Å². The van der Waals surface area contributed by atoms with Crippen molar-refractivity contribution in [2.75, 3.05) is 6.54 Å². The number of benzene rings is 1. The Morgan fingerprint density at radius 3 is 2.62 bits per heavy atom. The van der Waals surface area contributed by atoms with Gasteiger partial charge in [0.2, 0.25) is 5.91 Å². The van der Waals surface area contributed by atoms with E-state index in [0.717, 1.165) is 6.07 Å². The van der Waals surface area contributed by atoms with Gasteiger partial charge < -0.3 is 10.4 Å². The van der Waals surface area contributed by atoms with Crippen LogP contribution in [0, 0.1) is 0 Å². The zero-order valence-corrected chi connectivity index (χ0v) is 11.4. The normalized spacial score (nSPS) is 23.0. The van der Waals surface area contributed by atoms with Crippen LogP contribution in [0.3, 0.4) is 0 Å². The molecule has 1 saturated heterocycles. The van der Waals surface area contributed by atoms with Crippen molar-refractivity contribution in [2.45, 2.75) is 17.4 Å². The summed E-state index contributed by atoms with van der Waals surface area (Å²) in [5, 5.41) is 11.4. The topological polar surface area (TPSA) is 121 Å². The van der Waals surface area contributed by atoms with E-state index >= 15 is 0 Å². The smallest absolute Gasteiger partial charge is 0.335 e. The molecule has 2 aliphatic heterocycles. The van der Waals surface area contributed by atoms with Gasteiger partial charge in [-0.25, -0.2) is 17.5 Å². The number of hydrogen-bond donors (Lipinski definition) is 2. The number of nitrogens with zero attached hydrogens (tertiary/aromatic N) is 1. The van der Waals surface area contributed by atoms with Gasteiger partial charge >= 0.3 is 5.97 Å². The first-order valence-electron chi connectivity index (χ1n) is 6.05. The molecule has 1 aromatic rings. The van der Waals surface area contributed by atoms with Gasteiger partial charge in [0, 0.05) is 13.0 Å². The highest BCUT2D eigenvalue weighted by Crippen LogP contribution is 2.34. The maximum Gasteiger partial charge on any atom is 0.335 e. The number of amides is 2. The van der Waals surface area contributed by atoms with Crippen molar-refractivity contribution >= 4 is 27.8 Å². The van der Waals surface area contributed by atoms with Crippen LogP contribution in [0.1, 0.15) is 27.1 Å². The standard InChI is InChI=1S/C12H10N2O6S/c15-10-4-7(5-13-10)14-11(16)8-2-1-6(12(17)18)3-9(8)21(14,19)20/h1-3,7H,4-5H2,(H,13,15)(H,17,18). The molecule has 0 radical (unpaired) electrons. The average molecular weight is 310 g/mol. The Kier molecular flexibility index (Phi) is 2.77. The molecule has 1 atom stereocenters. The first-order valence-corrected chi connectivity index (χ1v) is 7.49. The lowest BCUT2D eigenvalue weighted by Gasteiger charge is -2.20. The fourth-order valence-corrected chi connectivity index (χ4v) is 4.28. The molecule has 9 heteroatoms. The molecule has 0 aliphatic carbocycles. The second-order valence-corrected chi connectivity index (χ2v) is 6.57. The lowest BCUT2D eigenvalue weighted by molar-refractivity contribution is -0.119. The van der Waals surface area contributed by atoms with Crippen LogP contribution < -0.4 is 5.32 Å². The molecule has 1 unspecified atom stereocenters. The Morgan fingerprint density at radius 2 is 2.05 bits per heavy atom. The van der Waals surface area contributed by atoms with Crippen molar-refractivity contribution in [3.63, 3.8) is 0 Å². The summed E-state index contributed by atoms with van der Waals surface area (Å²) < 4.78 is 25.5. The second-order valence-electron chi connectivity index (χ2n) is 4.78. The Hall–Kier alpha value is -2.42. The molecular formula is C12H10N2O6S. The fourth-order valence-electron chi connectivity index (χ4n) is 2.50. The van der Waals surface area contributed by atoms with Gasteiger partial charge in [0.1, 0.15) is 4.90 Å². The molecule has 1 fully saturated rings. The van der Waals surface area contributed by atoms with Gasteiger partial charge in [0.05, 0.1) is 17.2 Å². The molecule has 2 N–H and O–H groups in total. The highest BCUT2D eigenvalue weighted by atomic mass is 32.2.